The van der Waals surface area contributed by atoms with Crippen molar-refractivity contribution in [1.29, 1.82) is 0 Å². The molecule has 0 amide bonds. The Morgan fingerprint density at radius 1 is 1.00 bits per heavy atom. The lowest BCUT2D eigenvalue weighted by Gasteiger charge is -1.84. The number of hydrogen-bond donors (Lipinski definition) is 0. The Labute approximate surface area is 71.0 Å². The van der Waals surface area contributed by atoms with Gasteiger partial charge in [0.05, 0.1) is 0 Å². The molecule has 0 aromatic heterocycles. The quantitative estimate of drug-likeness (QED) is 0.505. The van der Waals surface area contributed by atoms with Crippen LogP contribution in [0.25, 0.3) is 0 Å². The van der Waals surface area contributed by atoms with Crippen molar-refractivity contribution in [2.24, 2.45) is 0 Å². The van der Waals surface area contributed by atoms with E-state index in [-0.39, 0.29) is 0 Å². The number of hydrogen-bond acceptors (Lipinski definition) is 0. The molecule has 0 spiro atoms. The van der Waals surface area contributed by atoms with E-state index in [0.717, 1.165) is 19.3 Å². The van der Waals surface area contributed by atoms with Crippen molar-refractivity contribution in [1.82, 2.24) is 0 Å². The molecule has 11 heavy (non-hydrogen) atoms. The third-order valence-corrected chi connectivity index (χ3v) is 1.43. The van der Waals surface area contributed by atoms with Crippen molar-refractivity contribution in [2.45, 2.75) is 39.0 Å². The highest BCUT2D eigenvalue weighted by Gasteiger charge is 1.73. The molecule has 0 rings (SSSR count). The van der Waals surface area contributed by atoms with Gasteiger partial charge in [0.25, 0.3) is 0 Å². The van der Waals surface area contributed by atoms with Crippen molar-refractivity contribution < 1.29 is 0 Å². The van der Waals surface area contributed by atoms with Crippen molar-refractivity contribution >= 4 is 0 Å². The number of rotatable bonds is 6. The van der Waals surface area contributed by atoms with Crippen LogP contribution in [-0.4, -0.2) is 0 Å². The van der Waals surface area contributed by atoms with E-state index in [2.05, 4.69) is 38.2 Å². The first-order valence-corrected chi connectivity index (χ1v) is 4.51. The Hall–Kier alpha value is -0.520. The predicted octanol–water partition coefficient (Wildman–Crippen LogP) is 3.90. The molecular formula is C11H19. The van der Waals surface area contributed by atoms with Crippen LogP contribution in [0, 0.1) is 6.92 Å². The van der Waals surface area contributed by atoms with E-state index in [1.807, 2.05) is 0 Å². The predicted molar refractivity (Wildman–Crippen MR) is 52.4 cm³/mol. The second-order valence-corrected chi connectivity index (χ2v) is 2.61. The second kappa shape index (κ2) is 9.48. The second-order valence-electron chi connectivity index (χ2n) is 2.61. The zero-order valence-corrected chi connectivity index (χ0v) is 7.55. The van der Waals surface area contributed by atoms with Gasteiger partial charge in [-0.3, -0.25) is 0 Å². The van der Waals surface area contributed by atoms with Gasteiger partial charge in [-0.05, 0) is 25.7 Å². The van der Waals surface area contributed by atoms with Gasteiger partial charge in [-0.2, -0.15) is 0 Å². The molecule has 0 aliphatic carbocycles. The van der Waals surface area contributed by atoms with Crippen LogP contribution in [0.2, 0.25) is 0 Å². The highest BCUT2D eigenvalue weighted by molar-refractivity contribution is 4.92. The lowest BCUT2D eigenvalue weighted by atomic mass is 10.2. The van der Waals surface area contributed by atoms with Crippen LogP contribution in [-0.2, 0) is 0 Å². The van der Waals surface area contributed by atoms with Crippen LogP contribution in [0.4, 0.5) is 0 Å². The molecule has 0 heterocycles. The first-order chi connectivity index (χ1) is 5.41. The van der Waals surface area contributed by atoms with Crippen LogP contribution < -0.4 is 0 Å². The van der Waals surface area contributed by atoms with Gasteiger partial charge in [0, 0.05) is 0 Å². The highest BCUT2D eigenvalue weighted by Crippen LogP contribution is 1.94. The molecular weight excluding hydrogens is 132 g/mol. The molecule has 0 N–H and O–H groups in total. The SMILES string of the molecule is [CH2]CC/C=C/C/C=C/CCC. The van der Waals surface area contributed by atoms with Crippen molar-refractivity contribution in [2.75, 3.05) is 0 Å². The Bertz CT molecular complexity index is 95.2. The largest absolute Gasteiger partial charge is 0.0882 e. The van der Waals surface area contributed by atoms with Gasteiger partial charge < -0.3 is 0 Å². The molecule has 0 aromatic carbocycles. The normalized spacial score (nSPS) is 11.8. The highest BCUT2D eigenvalue weighted by atomic mass is 13.8. The lowest BCUT2D eigenvalue weighted by Crippen LogP contribution is -1.64. The molecule has 0 bridgehead atoms. The summed E-state index contributed by atoms with van der Waals surface area (Å²) in [5, 5.41) is 0. The zero-order valence-electron chi connectivity index (χ0n) is 7.55. The van der Waals surface area contributed by atoms with Gasteiger partial charge in [-0.25, -0.2) is 0 Å². The summed E-state index contributed by atoms with van der Waals surface area (Å²) in [4.78, 5) is 0. The van der Waals surface area contributed by atoms with E-state index >= 15 is 0 Å². The Morgan fingerprint density at radius 3 is 2.18 bits per heavy atom. The van der Waals surface area contributed by atoms with Gasteiger partial charge in [0.2, 0.25) is 0 Å². The maximum atomic E-state index is 3.76. The average Bonchev–Trinajstić information content (AvgIpc) is 2.03. The van der Waals surface area contributed by atoms with E-state index in [9.17, 15) is 0 Å². The van der Waals surface area contributed by atoms with Crippen LogP contribution in [0.1, 0.15) is 39.0 Å². The smallest absolute Gasteiger partial charge is 0.0169 e. The Kier molecular flexibility index (Phi) is 9.03. The van der Waals surface area contributed by atoms with E-state index in [4.69, 9.17) is 0 Å². The van der Waals surface area contributed by atoms with Crippen LogP contribution in [0.5, 0.6) is 0 Å². The Balaban J connectivity index is 3.11. The molecule has 0 saturated heterocycles. The maximum absolute atomic E-state index is 3.76. The van der Waals surface area contributed by atoms with Crippen molar-refractivity contribution in [3.8, 4) is 0 Å². The molecule has 0 nitrogen and oxygen atoms in total. The van der Waals surface area contributed by atoms with E-state index < -0.39 is 0 Å². The summed E-state index contributed by atoms with van der Waals surface area (Å²) in [7, 11) is 0. The topological polar surface area (TPSA) is 0 Å². The van der Waals surface area contributed by atoms with Gasteiger partial charge in [-0.1, -0.05) is 44.6 Å². The summed E-state index contributed by atoms with van der Waals surface area (Å²) in [6.45, 7) is 5.96. The molecule has 1 radical (unpaired) electrons. The summed E-state index contributed by atoms with van der Waals surface area (Å²) >= 11 is 0. The van der Waals surface area contributed by atoms with Gasteiger partial charge in [0.1, 0.15) is 0 Å². The summed E-state index contributed by atoms with van der Waals surface area (Å²) in [6.07, 6.45) is 14.5. The monoisotopic (exact) mass is 151 g/mol. The summed E-state index contributed by atoms with van der Waals surface area (Å²) in [5.74, 6) is 0. The standard InChI is InChI=1S/C11H19/c1-3-5-7-9-11-10-8-6-4-2/h7-10H,1,3-6,11H2,2H3/b9-7+,10-8+. The van der Waals surface area contributed by atoms with Crippen molar-refractivity contribution in [3.63, 3.8) is 0 Å². The van der Waals surface area contributed by atoms with Crippen molar-refractivity contribution in [3.05, 3.63) is 31.2 Å². The molecule has 0 saturated carbocycles. The first kappa shape index (κ1) is 10.5. The molecule has 0 aromatic rings. The molecule has 0 aliphatic heterocycles. The van der Waals surface area contributed by atoms with Crippen LogP contribution in [0.3, 0.4) is 0 Å². The maximum Gasteiger partial charge on any atom is -0.0169 e. The molecule has 0 aliphatic rings. The zero-order chi connectivity index (χ0) is 8.36. The molecule has 0 unspecified atom stereocenters. The Morgan fingerprint density at radius 2 is 1.64 bits per heavy atom. The third-order valence-electron chi connectivity index (χ3n) is 1.43. The first-order valence-electron chi connectivity index (χ1n) is 4.51. The van der Waals surface area contributed by atoms with E-state index in [1.165, 1.54) is 12.8 Å². The minimum absolute atomic E-state index is 1.01. The fraction of sp³-hybridized carbons (Fsp3) is 0.545. The summed E-state index contributed by atoms with van der Waals surface area (Å²) in [5.41, 5.74) is 0. The molecule has 0 fully saturated rings. The van der Waals surface area contributed by atoms with Gasteiger partial charge in [0.15, 0.2) is 0 Å². The fourth-order valence-corrected chi connectivity index (χ4v) is 0.791. The van der Waals surface area contributed by atoms with Gasteiger partial charge >= 0.3 is 0 Å². The third kappa shape index (κ3) is 9.48. The average molecular weight is 151 g/mol. The number of allylic oxidation sites excluding steroid dienone is 4. The van der Waals surface area contributed by atoms with Crippen LogP contribution in [0.15, 0.2) is 24.3 Å². The summed E-state index contributed by atoms with van der Waals surface area (Å²) in [6, 6.07) is 0. The van der Waals surface area contributed by atoms with Crippen LogP contribution >= 0.6 is 0 Å². The minimum Gasteiger partial charge on any atom is -0.0882 e. The van der Waals surface area contributed by atoms with Gasteiger partial charge in [-0.15, -0.1) is 0 Å². The number of unbranched alkanes of at least 4 members (excludes halogenated alkanes) is 2. The summed E-state index contributed by atoms with van der Waals surface area (Å²) < 4.78 is 0. The van der Waals surface area contributed by atoms with E-state index in [0.29, 0.717) is 0 Å². The fourth-order valence-electron chi connectivity index (χ4n) is 0.791. The van der Waals surface area contributed by atoms with E-state index in [1.54, 1.807) is 0 Å². The minimum atomic E-state index is 1.01. The molecule has 63 valence electrons. The molecule has 0 atom stereocenters. The lowest BCUT2D eigenvalue weighted by molar-refractivity contribution is 0.954. The molecule has 0 heteroatoms.